The van der Waals surface area contributed by atoms with E-state index in [9.17, 15) is 9.90 Å². The molecular formula is C14H12N2O3S. The first-order chi connectivity index (χ1) is 9.74. The Morgan fingerprint density at radius 3 is 3.05 bits per heavy atom. The van der Waals surface area contributed by atoms with Gasteiger partial charge in [-0.15, -0.1) is 11.8 Å². The van der Waals surface area contributed by atoms with Crippen LogP contribution in [0.2, 0.25) is 0 Å². The van der Waals surface area contributed by atoms with Crippen molar-refractivity contribution in [3.63, 3.8) is 0 Å². The highest BCUT2D eigenvalue weighted by atomic mass is 32.2. The van der Waals surface area contributed by atoms with Crippen LogP contribution in [0.5, 0.6) is 11.5 Å². The first-order valence-electron chi connectivity index (χ1n) is 6.07. The molecule has 1 amide bonds. The second-order valence-electron chi connectivity index (χ2n) is 4.22. The van der Waals surface area contributed by atoms with Gasteiger partial charge < -0.3 is 15.2 Å². The number of benzene rings is 1. The number of fused-ring (bicyclic) bond motifs is 1. The summed E-state index contributed by atoms with van der Waals surface area (Å²) in [6.45, 7) is 0. The van der Waals surface area contributed by atoms with E-state index >= 15 is 0 Å². The summed E-state index contributed by atoms with van der Waals surface area (Å²) in [5.74, 6) is 0.987. The van der Waals surface area contributed by atoms with Crippen molar-refractivity contribution in [3.8, 4) is 11.5 Å². The molecule has 0 bridgehead atoms. The molecule has 0 unspecified atom stereocenters. The van der Waals surface area contributed by atoms with Crippen molar-refractivity contribution in [3.05, 3.63) is 42.6 Å². The van der Waals surface area contributed by atoms with Crippen molar-refractivity contribution >= 4 is 23.5 Å². The third-order valence-electron chi connectivity index (χ3n) is 2.83. The number of amides is 1. The van der Waals surface area contributed by atoms with E-state index in [0.717, 1.165) is 4.90 Å². The maximum absolute atomic E-state index is 12.1. The minimum Gasteiger partial charge on any atom is -0.504 e. The molecule has 0 aliphatic carbocycles. The molecule has 0 spiro atoms. The van der Waals surface area contributed by atoms with Gasteiger partial charge >= 0.3 is 0 Å². The van der Waals surface area contributed by atoms with Gasteiger partial charge in [0.05, 0.1) is 0 Å². The molecule has 0 radical (unpaired) electrons. The summed E-state index contributed by atoms with van der Waals surface area (Å²) in [7, 11) is 0. The summed E-state index contributed by atoms with van der Waals surface area (Å²) in [6.07, 6.45) is 0.900. The van der Waals surface area contributed by atoms with E-state index in [1.165, 1.54) is 12.3 Å². The number of aromatic nitrogens is 1. The van der Waals surface area contributed by atoms with E-state index in [4.69, 9.17) is 4.74 Å². The number of pyridine rings is 1. The number of aromatic hydroxyl groups is 1. The first kappa shape index (κ1) is 12.8. The van der Waals surface area contributed by atoms with Crippen LogP contribution in [0.25, 0.3) is 0 Å². The Balaban J connectivity index is 1.72. The summed E-state index contributed by atoms with van der Waals surface area (Å²) < 4.78 is 5.66. The lowest BCUT2D eigenvalue weighted by atomic mass is 10.3. The molecule has 2 heterocycles. The van der Waals surface area contributed by atoms with Crippen molar-refractivity contribution in [1.82, 2.24) is 4.98 Å². The van der Waals surface area contributed by atoms with Gasteiger partial charge in [-0.3, -0.25) is 4.79 Å². The van der Waals surface area contributed by atoms with E-state index < -0.39 is 6.10 Å². The van der Waals surface area contributed by atoms with Gasteiger partial charge in [0.25, 0.3) is 5.91 Å². The Kier molecular flexibility index (Phi) is 3.47. The van der Waals surface area contributed by atoms with Gasteiger partial charge in [0.2, 0.25) is 0 Å². The summed E-state index contributed by atoms with van der Waals surface area (Å²) in [5.41, 5.74) is 0. The molecule has 0 saturated heterocycles. The number of carbonyl (C=O) groups is 1. The Labute approximate surface area is 120 Å². The van der Waals surface area contributed by atoms with Crippen LogP contribution >= 0.6 is 11.8 Å². The lowest BCUT2D eigenvalue weighted by Gasteiger charge is -2.24. The van der Waals surface area contributed by atoms with Crippen LogP contribution < -0.4 is 10.1 Å². The van der Waals surface area contributed by atoms with Crippen LogP contribution in [-0.2, 0) is 4.79 Å². The van der Waals surface area contributed by atoms with E-state index in [0.29, 0.717) is 11.5 Å². The molecule has 0 saturated carbocycles. The number of thioether (sulfide) groups is 1. The van der Waals surface area contributed by atoms with Crippen molar-refractivity contribution in [2.24, 2.45) is 0 Å². The summed E-state index contributed by atoms with van der Waals surface area (Å²) in [5, 5.41) is 12.2. The summed E-state index contributed by atoms with van der Waals surface area (Å²) in [6, 6.07) is 10.6. The molecule has 2 N–H and O–H groups in total. The topological polar surface area (TPSA) is 71.5 Å². The van der Waals surface area contributed by atoms with Gasteiger partial charge in [-0.25, -0.2) is 4.98 Å². The summed E-state index contributed by atoms with van der Waals surface area (Å²) >= 11 is 1.57. The molecule has 6 heteroatoms. The second kappa shape index (κ2) is 5.42. The Bertz CT molecular complexity index is 648. The predicted molar refractivity (Wildman–Crippen MR) is 76.1 cm³/mol. The number of rotatable bonds is 2. The summed E-state index contributed by atoms with van der Waals surface area (Å²) in [4.78, 5) is 17.1. The number of nitrogens with zero attached hydrogens (tertiary/aromatic N) is 1. The number of para-hydroxylation sites is 1. The maximum Gasteiger partial charge on any atom is 0.267 e. The molecule has 3 rings (SSSR count). The molecule has 1 atom stereocenters. The van der Waals surface area contributed by atoms with Crippen molar-refractivity contribution < 1.29 is 14.6 Å². The van der Waals surface area contributed by atoms with Gasteiger partial charge in [0.1, 0.15) is 5.75 Å². The molecule has 0 fully saturated rings. The number of ether oxygens (including phenoxy) is 1. The molecule has 1 aromatic heterocycles. The number of nitrogens with one attached hydrogen (secondary N) is 1. The average Bonchev–Trinajstić information content (AvgIpc) is 2.49. The highest BCUT2D eigenvalue weighted by molar-refractivity contribution is 7.99. The molecule has 102 valence electrons. The molecule has 1 aromatic carbocycles. The fourth-order valence-electron chi connectivity index (χ4n) is 1.84. The smallest absolute Gasteiger partial charge is 0.267 e. The van der Waals surface area contributed by atoms with Crippen molar-refractivity contribution in [2.75, 3.05) is 11.1 Å². The minimum atomic E-state index is -0.601. The highest BCUT2D eigenvalue weighted by Crippen LogP contribution is 2.35. The van der Waals surface area contributed by atoms with E-state index in [-0.39, 0.29) is 17.5 Å². The lowest BCUT2D eigenvalue weighted by Crippen LogP contribution is -2.37. The van der Waals surface area contributed by atoms with Crippen molar-refractivity contribution in [2.45, 2.75) is 11.0 Å². The average molecular weight is 288 g/mol. The van der Waals surface area contributed by atoms with Crippen molar-refractivity contribution in [1.29, 1.82) is 0 Å². The van der Waals surface area contributed by atoms with Crippen LogP contribution in [0.15, 0.2) is 47.5 Å². The molecule has 2 aromatic rings. The van der Waals surface area contributed by atoms with E-state index in [1.54, 1.807) is 17.8 Å². The van der Waals surface area contributed by atoms with Crippen LogP contribution in [-0.4, -0.2) is 27.9 Å². The van der Waals surface area contributed by atoms with Crippen LogP contribution in [0.3, 0.4) is 0 Å². The largest absolute Gasteiger partial charge is 0.504 e. The third kappa shape index (κ3) is 2.55. The predicted octanol–water partition coefficient (Wildman–Crippen LogP) is 2.28. The molecule has 1 aliphatic heterocycles. The van der Waals surface area contributed by atoms with Gasteiger partial charge in [-0.1, -0.05) is 12.1 Å². The lowest BCUT2D eigenvalue weighted by molar-refractivity contribution is -0.122. The Morgan fingerprint density at radius 2 is 2.20 bits per heavy atom. The standard InChI is InChI=1S/C14H12N2O3S/c17-9-4-3-7-15-13(9)16-14(18)11-8-20-12-6-2-1-5-10(12)19-11/h1-7,11,17H,8H2,(H,15,16,18)/t11-/m0/s1. The molecular weight excluding hydrogens is 276 g/mol. The molecule has 5 nitrogen and oxygen atoms in total. The van der Waals surface area contributed by atoms with Gasteiger partial charge in [0, 0.05) is 16.8 Å². The second-order valence-corrected chi connectivity index (χ2v) is 5.29. The van der Waals surface area contributed by atoms with Gasteiger partial charge in [0.15, 0.2) is 17.7 Å². The number of hydrogen-bond acceptors (Lipinski definition) is 5. The number of hydrogen-bond donors (Lipinski definition) is 2. The molecule has 1 aliphatic rings. The Hall–Kier alpha value is -2.21. The first-order valence-corrected chi connectivity index (χ1v) is 7.06. The number of carbonyl (C=O) groups excluding carboxylic acids is 1. The monoisotopic (exact) mass is 288 g/mol. The van der Waals surface area contributed by atoms with Gasteiger partial charge in [-0.05, 0) is 24.3 Å². The zero-order valence-electron chi connectivity index (χ0n) is 10.4. The van der Waals surface area contributed by atoms with E-state index in [2.05, 4.69) is 10.3 Å². The fraction of sp³-hybridized carbons (Fsp3) is 0.143. The Morgan fingerprint density at radius 1 is 1.35 bits per heavy atom. The zero-order valence-corrected chi connectivity index (χ0v) is 11.3. The van der Waals surface area contributed by atoms with Gasteiger partial charge in [-0.2, -0.15) is 0 Å². The van der Waals surface area contributed by atoms with Crippen LogP contribution in [0.4, 0.5) is 5.82 Å². The van der Waals surface area contributed by atoms with E-state index in [1.807, 2.05) is 24.3 Å². The highest BCUT2D eigenvalue weighted by Gasteiger charge is 2.27. The zero-order chi connectivity index (χ0) is 13.9. The quantitative estimate of drug-likeness (QED) is 0.887. The SMILES string of the molecule is O=C(Nc1ncccc1O)[C@@H]1CSc2ccccc2O1. The van der Waals surface area contributed by atoms with Crippen LogP contribution in [0.1, 0.15) is 0 Å². The third-order valence-corrected chi connectivity index (χ3v) is 3.95. The minimum absolute atomic E-state index is 0.0651. The normalized spacial score (nSPS) is 16.9. The maximum atomic E-state index is 12.1. The molecule has 20 heavy (non-hydrogen) atoms. The fourth-order valence-corrected chi connectivity index (χ4v) is 2.82. The van der Waals surface area contributed by atoms with Crippen LogP contribution in [0, 0.1) is 0 Å². The number of anilines is 1.